The number of halogens is 2. The molecule has 1 heterocycles. The van der Waals surface area contributed by atoms with Gasteiger partial charge in [-0.25, -0.2) is 14.2 Å². The van der Waals surface area contributed by atoms with Crippen molar-refractivity contribution in [1.82, 2.24) is 10.3 Å². The zero-order valence-corrected chi connectivity index (χ0v) is 16.1. The Morgan fingerprint density at radius 3 is 2.75 bits per heavy atom. The molecule has 1 aliphatic carbocycles. The molecule has 1 aromatic carbocycles. The standard InChI is InChI=1S/C20H20ClFN4O2/c1-2-16(24-18-15(22)10-14(11-23)17(21)25-18)20(8-9-20)26-19(27)28-12-13-6-4-3-5-7-13/h3-7,10,16H,2,8-9,12H2,1H3,(H,24,25)(H,26,27)/t16-/m1/s1. The fourth-order valence-electron chi connectivity index (χ4n) is 3.10. The highest BCUT2D eigenvalue weighted by atomic mass is 35.5. The lowest BCUT2D eigenvalue weighted by Crippen LogP contribution is -2.49. The molecule has 3 rings (SSSR count). The summed E-state index contributed by atoms with van der Waals surface area (Å²) in [5, 5.41) is 14.8. The molecule has 1 saturated carbocycles. The maximum atomic E-state index is 14.2. The molecule has 0 bridgehead atoms. The number of aromatic nitrogens is 1. The molecule has 8 heteroatoms. The smallest absolute Gasteiger partial charge is 0.407 e. The van der Waals surface area contributed by atoms with E-state index in [1.807, 2.05) is 37.3 Å². The Hall–Kier alpha value is -2.85. The van der Waals surface area contributed by atoms with E-state index in [1.165, 1.54) is 0 Å². The second kappa shape index (κ2) is 8.44. The largest absolute Gasteiger partial charge is 0.445 e. The second-order valence-corrected chi connectivity index (χ2v) is 7.08. The predicted octanol–water partition coefficient (Wildman–Crippen LogP) is 4.40. The molecule has 1 atom stereocenters. The fourth-order valence-corrected chi connectivity index (χ4v) is 3.28. The molecule has 1 amide bonds. The van der Waals surface area contributed by atoms with Crippen molar-refractivity contribution >= 4 is 23.5 Å². The quantitative estimate of drug-likeness (QED) is 0.670. The number of carbonyl (C=O) groups excluding carboxylic acids is 1. The summed E-state index contributed by atoms with van der Waals surface area (Å²) in [6, 6.07) is 12.0. The number of hydrogen-bond acceptors (Lipinski definition) is 5. The van der Waals surface area contributed by atoms with E-state index in [-0.39, 0.29) is 29.2 Å². The van der Waals surface area contributed by atoms with Gasteiger partial charge in [-0.3, -0.25) is 0 Å². The lowest BCUT2D eigenvalue weighted by atomic mass is 10.0. The van der Waals surface area contributed by atoms with Crippen molar-refractivity contribution in [3.63, 3.8) is 0 Å². The van der Waals surface area contributed by atoms with Gasteiger partial charge >= 0.3 is 6.09 Å². The van der Waals surface area contributed by atoms with Crippen LogP contribution in [-0.4, -0.2) is 22.7 Å². The number of hydrogen-bond donors (Lipinski definition) is 2. The molecule has 0 radical (unpaired) electrons. The van der Waals surface area contributed by atoms with Crippen LogP contribution >= 0.6 is 11.6 Å². The van der Waals surface area contributed by atoms with Crippen LogP contribution in [0, 0.1) is 17.1 Å². The molecular formula is C20H20ClFN4O2. The monoisotopic (exact) mass is 402 g/mol. The molecule has 0 aliphatic heterocycles. The first-order chi connectivity index (χ1) is 13.5. The molecule has 146 valence electrons. The summed E-state index contributed by atoms with van der Waals surface area (Å²) >= 11 is 5.91. The minimum absolute atomic E-state index is 0.0264. The van der Waals surface area contributed by atoms with Gasteiger partial charge in [0.15, 0.2) is 11.6 Å². The minimum Gasteiger partial charge on any atom is -0.445 e. The Balaban J connectivity index is 1.64. The van der Waals surface area contributed by atoms with E-state index in [0.717, 1.165) is 24.5 Å². The van der Waals surface area contributed by atoms with E-state index in [9.17, 15) is 9.18 Å². The van der Waals surface area contributed by atoms with Crippen LogP contribution in [0.15, 0.2) is 36.4 Å². The number of anilines is 1. The number of alkyl carbamates (subject to hydrolysis) is 1. The van der Waals surface area contributed by atoms with Crippen molar-refractivity contribution in [2.75, 3.05) is 5.32 Å². The van der Waals surface area contributed by atoms with Gasteiger partial charge in [-0.15, -0.1) is 0 Å². The normalized spacial score (nSPS) is 15.2. The van der Waals surface area contributed by atoms with Crippen molar-refractivity contribution in [3.05, 3.63) is 58.5 Å². The number of ether oxygens (including phenoxy) is 1. The topological polar surface area (TPSA) is 87.0 Å². The van der Waals surface area contributed by atoms with Crippen molar-refractivity contribution < 1.29 is 13.9 Å². The Kier molecular flexibility index (Phi) is 6.00. The summed E-state index contributed by atoms with van der Waals surface area (Å²) < 4.78 is 19.5. The molecule has 0 saturated heterocycles. The van der Waals surface area contributed by atoms with Crippen LogP contribution in [0.2, 0.25) is 5.15 Å². The second-order valence-electron chi connectivity index (χ2n) is 6.72. The Morgan fingerprint density at radius 1 is 1.43 bits per heavy atom. The molecule has 1 fully saturated rings. The maximum Gasteiger partial charge on any atom is 0.407 e. The van der Waals surface area contributed by atoms with E-state index in [2.05, 4.69) is 15.6 Å². The number of pyridine rings is 1. The SMILES string of the molecule is CC[C@@H](Nc1nc(Cl)c(C#N)cc1F)C1(NC(=O)OCc2ccccc2)CC1. The molecule has 6 nitrogen and oxygen atoms in total. The number of carbonyl (C=O) groups is 1. The van der Waals surface area contributed by atoms with Gasteiger partial charge < -0.3 is 15.4 Å². The lowest BCUT2D eigenvalue weighted by molar-refractivity contribution is 0.132. The van der Waals surface area contributed by atoms with Crippen LogP contribution in [-0.2, 0) is 11.3 Å². The molecule has 0 unspecified atom stereocenters. The third-order valence-electron chi connectivity index (χ3n) is 4.79. The average Bonchev–Trinajstić information content (AvgIpc) is 3.47. The molecule has 1 aliphatic rings. The molecule has 2 aromatic rings. The zero-order valence-electron chi connectivity index (χ0n) is 15.3. The van der Waals surface area contributed by atoms with Gasteiger partial charge in [0, 0.05) is 0 Å². The number of rotatable bonds is 7. The average molecular weight is 403 g/mol. The zero-order chi connectivity index (χ0) is 20.1. The van der Waals surface area contributed by atoms with Gasteiger partial charge in [0.25, 0.3) is 0 Å². The first kappa shape index (κ1) is 19.9. The van der Waals surface area contributed by atoms with E-state index >= 15 is 0 Å². The third kappa shape index (κ3) is 4.52. The molecular weight excluding hydrogens is 383 g/mol. The summed E-state index contributed by atoms with van der Waals surface area (Å²) in [4.78, 5) is 16.2. The van der Waals surface area contributed by atoms with Crippen LogP contribution in [0.5, 0.6) is 0 Å². The fraction of sp³-hybridized carbons (Fsp3) is 0.350. The van der Waals surface area contributed by atoms with Crippen LogP contribution in [0.4, 0.5) is 15.0 Å². The first-order valence-corrected chi connectivity index (χ1v) is 9.37. The summed E-state index contributed by atoms with van der Waals surface area (Å²) in [6.45, 7) is 2.10. The van der Waals surface area contributed by atoms with E-state index in [4.69, 9.17) is 21.6 Å². The van der Waals surface area contributed by atoms with Gasteiger partial charge in [-0.05, 0) is 30.9 Å². The molecule has 28 heavy (non-hydrogen) atoms. The van der Waals surface area contributed by atoms with Crippen molar-refractivity contribution in [2.45, 2.75) is 44.4 Å². The van der Waals surface area contributed by atoms with Crippen molar-refractivity contribution in [2.24, 2.45) is 0 Å². The Morgan fingerprint density at radius 2 is 2.14 bits per heavy atom. The summed E-state index contributed by atoms with van der Waals surface area (Å²) in [5.41, 5.74) is 0.337. The van der Waals surface area contributed by atoms with Gasteiger partial charge in [-0.2, -0.15) is 5.26 Å². The minimum atomic E-state index is -0.665. The number of nitrogens with zero attached hydrogens (tertiary/aromatic N) is 2. The van der Waals surface area contributed by atoms with Crippen molar-refractivity contribution in [1.29, 1.82) is 5.26 Å². The highest BCUT2D eigenvalue weighted by Gasteiger charge is 2.50. The Labute approximate surface area is 167 Å². The van der Waals surface area contributed by atoms with E-state index < -0.39 is 17.4 Å². The molecule has 2 N–H and O–H groups in total. The third-order valence-corrected chi connectivity index (χ3v) is 5.08. The lowest BCUT2D eigenvalue weighted by Gasteiger charge is -2.28. The van der Waals surface area contributed by atoms with E-state index in [0.29, 0.717) is 6.42 Å². The van der Waals surface area contributed by atoms with Crippen LogP contribution < -0.4 is 10.6 Å². The van der Waals surface area contributed by atoms with Gasteiger partial charge in [0.05, 0.1) is 17.1 Å². The highest BCUT2D eigenvalue weighted by molar-refractivity contribution is 6.30. The molecule has 0 spiro atoms. The van der Waals surface area contributed by atoms with Gasteiger partial charge in [0.2, 0.25) is 0 Å². The summed E-state index contributed by atoms with van der Waals surface area (Å²) in [6.07, 6.45) is 1.58. The number of amides is 1. The van der Waals surface area contributed by atoms with Crippen LogP contribution in [0.25, 0.3) is 0 Å². The number of nitriles is 1. The Bertz CT molecular complexity index is 897. The van der Waals surface area contributed by atoms with Crippen molar-refractivity contribution in [3.8, 4) is 6.07 Å². The first-order valence-electron chi connectivity index (χ1n) is 8.99. The van der Waals surface area contributed by atoms with E-state index in [1.54, 1.807) is 6.07 Å². The number of benzene rings is 1. The van der Waals surface area contributed by atoms with Gasteiger partial charge in [0.1, 0.15) is 17.8 Å². The highest BCUT2D eigenvalue weighted by Crippen LogP contribution is 2.41. The summed E-state index contributed by atoms with van der Waals surface area (Å²) in [7, 11) is 0. The maximum absolute atomic E-state index is 14.2. The van der Waals surface area contributed by atoms with Gasteiger partial charge in [-0.1, -0.05) is 48.9 Å². The summed E-state index contributed by atoms with van der Waals surface area (Å²) in [5.74, 6) is -0.705. The predicted molar refractivity (Wildman–Crippen MR) is 103 cm³/mol. The molecule has 1 aromatic heterocycles. The number of nitrogens with one attached hydrogen (secondary N) is 2. The van der Waals surface area contributed by atoms with Crippen LogP contribution in [0.1, 0.15) is 37.3 Å². The van der Waals surface area contributed by atoms with Crippen LogP contribution in [0.3, 0.4) is 0 Å².